The van der Waals surface area contributed by atoms with Crippen LogP contribution in [0.15, 0.2) is 18.3 Å². The Balaban J connectivity index is 2.27. The van der Waals surface area contributed by atoms with Gasteiger partial charge in [0.1, 0.15) is 5.82 Å². The molecule has 1 N–H and O–H groups in total. The summed E-state index contributed by atoms with van der Waals surface area (Å²) in [6.45, 7) is 1.99. The molecule has 1 aliphatic carbocycles. The number of alkyl halides is 3. The fraction of sp³-hybridized carbons (Fsp3) is 0.583. The molecule has 0 radical (unpaired) electrons. The van der Waals surface area contributed by atoms with Crippen LogP contribution in [0.25, 0.3) is 0 Å². The first-order chi connectivity index (χ1) is 7.97. The van der Waals surface area contributed by atoms with Crippen LogP contribution in [-0.2, 0) is 6.18 Å². The van der Waals surface area contributed by atoms with Crippen LogP contribution in [0.5, 0.6) is 0 Å². The van der Waals surface area contributed by atoms with Crippen LogP contribution in [0.3, 0.4) is 0 Å². The normalized spacial score (nSPS) is 18.6. The highest BCUT2D eigenvalue weighted by atomic mass is 19.4. The number of nitrogens with one attached hydrogen (secondary N) is 1. The third-order valence-electron chi connectivity index (χ3n) is 3.48. The van der Waals surface area contributed by atoms with Gasteiger partial charge in [-0.05, 0) is 37.8 Å². The van der Waals surface area contributed by atoms with E-state index in [0.29, 0.717) is 0 Å². The Morgan fingerprint density at radius 2 is 2.12 bits per heavy atom. The first kappa shape index (κ1) is 12.2. The van der Waals surface area contributed by atoms with Crippen LogP contribution in [0.1, 0.15) is 38.2 Å². The first-order valence-corrected chi connectivity index (χ1v) is 5.77. The van der Waals surface area contributed by atoms with Crippen molar-refractivity contribution in [3.8, 4) is 0 Å². The number of hydrogen-bond acceptors (Lipinski definition) is 2. The van der Waals surface area contributed by atoms with Gasteiger partial charge in [0.2, 0.25) is 0 Å². The molecule has 0 aliphatic heterocycles. The van der Waals surface area contributed by atoms with E-state index in [1.54, 1.807) is 0 Å². The van der Waals surface area contributed by atoms with Crippen molar-refractivity contribution >= 4 is 5.82 Å². The number of pyridine rings is 1. The van der Waals surface area contributed by atoms with Crippen molar-refractivity contribution in [2.24, 2.45) is 0 Å². The summed E-state index contributed by atoms with van der Waals surface area (Å²) in [5.74, 6) is -0.0402. The van der Waals surface area contributed by atoms with Crippen LogP contribution in [0, 0.1) is 0 Å². The third kappa shape index (κ3) is 2.37. The van der Waals surface area contributed by atoms with Crippen molar-refractivity contribution in [1.29, 1.82) is 0 Å². The largest absolute Gasteiger partial charge is 0.419 e. The molecule has 17 heavy (non-hydrogen) atoms. The van der Waals surface area contributed by atoms with Gasteiger partial charge < -0.3 is 5.32 Å². The maximum absolute atomic E-state index is 12.8. The first-order valence-electron chi connectivity index (χ1n) is 5.77. The molecular weight excluding hydrogens is 229 g/mol. The number of rotatable bonds is 3. The molecule has 0 bridgehead atoms. The average molecular weight is 244 g/mol. The number of nitrogens with zero attached hydrogens (tertiary/aromatic N) is 1. The summed E-state index contributed by atoms with van der Waals surface area (Å²) >= 11 is 0. The average Bonchev–Trinajstić information content (AvgIpc) is 2.23. The van der Waals surface area contributed by atoms with Crippen molar-refractivity contribution in [3.63, 3.8) is 0 Å². The van der Waals surface area contributed by atoms with Gasteiger partial charge in [0.15, 0.2) is 0 Å². The summed E-state index contributed by atoms with van der Waals surface area (Å²) in [6.07, 6.45) is 0.750. The highest BCUT2D eigenvalue weighted by molar-refractivity contribution is 5.48. The van der Waals surface area contributed by atoms with Crippen LogP contribution < -0.4 is 5.32 Å². The van der Waals surface area contributed by atoms with Crippen LogP contribution in [0.2, 0.25) is 0 Å². The fourth-order valence-electron chi connectivity index (χ4n) is 2.16. The molecule has 1 fully saturated rings. The molecule has 1 saturated carbocycles. The van der Waals surface area contributed by atoms with E-state index in [0.717, 1.165) is 31.7 Å². The lowest BCUT2D eigenvalue weighted by molar-refractivity contribution is -0.137. The summed E-state index contributed by atoms with van der Waals surface area (Å²) in [7, 11) is 0. The van der Waals surface area contributed by atoms with Crippen LogP contribution >= 0.6 is 0 Å². The van der Waals surface area contributed by atoms with Crippen LogP contribution in [-0.4, -0.2) is 10.5 Å². The smallest absolute Gasteiger partial charge is 0.364 e. The Morgan fingerprint density at radius 3 is 2.59 bits per heavy atom. The van der Waals surface area contributed by atoms with Crippen molar-refractivity contribution < 1.29 is 13.2 Å². The van der Waals surface area contributed by atoms with Gasteiger partial charge in [-0.2, -0.15) is 13.2 Å². The fourth-order valence-corrected chi connectivity index (χ4v) is 2.16. The van der Waals surface area contributed by atoms with Gasteiger partial charge in [0, 0.05) is 11.7 Å². The maximum atomic E-state index is 12.8. The summed E-state index contributed by atoms with van der Waals surface area (Å²) in [5.41, 5.74) is -0.867. The lowest BCUT2D eigenvalue weighted by Gasteiger charge is -2.42. The van der Waals surface area contributed by atoms with E-state index in [4.69, 9.17) is 0 Å². The molecule has 1 heterocycles. The second-order valence-electron chi connectivity index (χ2n) is 4.51. The van der Waals surface area contributed by atoms with Gasteiger partial charge in [-0.25, -0.2) is 4.98 Å². The molecule has 5 heteroatoms. The topological polar surface area (TPSA) is 24.9 Å². The molecule has 94 valence electrons. The molecule has 2 rings (SSSR count). The molecule has 1 aromatic rings. The SMILES string of the molecule is CCC1(Nc2ncccc2C(F)(F)F)CCC1. The Kier molecular flexibility index (Phi) is 3.02. The van der Waals surface area contributed by atoms with Gasteiger partial charge in [0.25, 0.3) is 0 Å². The molecule has 0 spiro atoms. The summed E-state index contributed by atoms with van der Waals surface area (Å²) in [5, 5.41) is 2.99. The highest BCUT2D eigenvalue weighted by Crippen LogP contribution is 2.40. The molecule has 0 atom stereocenters. The van der Waals surface area contributed by atoms with Crippen molar-refractivity contribution in [1.82, 2.24) is 4.98 Å². The predicted molar refractivity (Wildman–Crippen MR) is 59.7 cm³/mol. The Bertz CT molecular complexity index is 391. The zero-order valence-electron chi connectivity index (χ0n) is 9.64. The number of halogens is 3. The van der Waals surface area contributed by atoms with Gasteiger partial charge in [-0.3, -0.25) is 0 Å². The molecule has 0 unspecified atom stereocenters. The van der Waals surface area contributed by atoms with E-state index in [9.17, 15) is 13.2 Å². The molecule has 0 amide bonds. The van der Waals surface area contributed by atoms with Gasteiger partial charge in [-0.15, -0.1) is 0 Å². The van der Waals surface area contributed by atoms with E-state index >= 15 is 0 Å². The lowest BCUT2D eigenvalue weighted by atomic mass is 9.75. The quantitative estimate of drug-likeness (QED) is 0.873. The van der Waals surface area contributed by atoms with E-state index in [1.807, 2.05) is 6.92 Å². The molecular formula is C12H15F3N2. The Hall–Kier alpha value is -1.26. The Morgan fingerprint density at radius 1 is 1.41 bits per heavy atom. The Labute approximate surface area is 98.2 Å². The minimum Gasteiger partial charge on any atom is -0.364 e. The van der Waals surface area contributed by atoms with Gasteiger partial charge >= 0.3 is 6.18 Å². The summed E-state index contributed by atoms with van der Waals surface area (Å²) < 4.78 is 38.3. The number of anilines is 1. The molecule has 2 nitrogen and oxygen atoms in total. The summed E-state index contributed by atoms with van der Waals surface area (Å²) in [6, 6.07) is 2.38. The van der Waals surface area contributed by atoms with E-state index in [-0.39, 0.29) is 11.4 Å². The maximum Gasteiger partial charge on any atom is 0.419 e. The van der Waals surface area contributed by atoms with E-state index in [2.05, 4.69) is 10.3 Å². The van der Waals surface area contributed by atoms with Gasteiger partial charge in [-0.1, -0.05) is 6.92 Å². The molecule has 0 aromatic carbocycles. The highest BCUT2D eigenvalue weighted by Gasteiger charge is 2.39. The zero-order valence-corrected chi connectivity index (χ0v) is 9.64. The lowest BCUT2D eigenvalue weighted by Crippen LogP contribution is -2.45. The van der Waals surface area contributed by atoms with E-state index in [1.165, 1.54) is 12.3 Å². The zero-order chi connectivity index (χ0) is 12.5. The second-order valence-corrected chi connectivity index (χ2v) is 4.51. The standard InChI is InChI=1S/C12H15F3N2/c1-2-11(6-4-7-11)17-10-9(12(13,14)15)5-3-8-16-10/h3,5,8H,2,4,6-7H2,1H3,(H,16,17). The molecule has 1 aliphatic rings. The number of aromatic nitrogens is 1. The minimum atomic E-state index is -4.35. The monoisotopic (exact) mass is 244 g/mol. The van der Waals surface area contributed by atoms with Crippen molar-refractivity contribution in [2.75, 3.05) is 5.32 Å². The minimum absolute atomic E-state index is 0.0402. The summed E-state index contributed by atoms with van der Waals surface area (Å²) in [4.78, 5) is 3.83. The third-order valence-corrected chi connectivity index (χ3v) is 3.48. The predicted octanol–water partition coefficient (Wildman–Crippen LogP) is 3.85. The second kappa shape index (κ2) is 4.20. The number of hydrogen-bond donors (Lipinski definition) is 1. The molecule has 1 aromatic heterocycles. The van der Waals surface area contributed by atoms with Crippen molar-refractivity contribution in [3.05, 3.63) is 23.9 Å². The van der Waals surface area contributed by atoms with Crippen LogP contribution in [0.4, 0.5) is 19.0 Å². The van der Waals surface area contributed by atoms with E-state index < -0.39 is 11.7 Å². The van der Waals surface area contributed by atoms with Crippen molar-refractivity contribution in [2.45, 2.75) is 44.3 Å². The molecule has 0 saturated heterocycles. The van der Waals surface area contributed by atoms with Gasteiger partial charge in [0.05, 0.1) is 5.56 Å².